The van der Waals surface area contributed by atoms with Crippen LogP contribution in [0.15, 0.2) is 36.4 Å². The molecule has 0 spiro atoms. The SMILES string of the molecule is COC(=O)COc1cccc([C@@H]2CC(=O)Oc3ccc4nsnc4c32)c1. The summed E-state index contributed by atoms with van der Waals surface area (Å²) in [5, 5.41) is 0. The zero-order chi connectivity index (χ0) is 18.1. The third-order valence-corrected chi connectivity index (χ3v) is 4.76. The third-order valence-electron chi connectivity index (χ3n) is 4.21. The van der Waals surface area contributed by atoms with Gasteiger partial charge in [0.05, 0.1) is 25.3 Å². The Labute approximate surface area is 152 Å². The maximum Gasteiger partial charge on any atom is 0.343 e. The molecule has 7 nitrogen and oxygen atoms in total. The van der Waals surface area contributed by atoms with E-state index in [9.17, 15) is 9.59 Å². The molecule has 0 N–H and O–H groups in total. The third kappa shape index (κ3) is 2.99. The van der Waals surface area contributed by atoms with Crippen LogP contribution in [0.3, 0.4) is 0 Å². The standard InChI is InChI=1S/C18H14N2O5S/c1-23-16(22)9-24-11-4-2-3-10(7-11)12-8-15(21)25-14-6-5-13-18(17(12)14)20-26-19-13/h2-7,12H,8-9H2,1H3/t12-/m0/s1. The molecule has 0 saturated carbocycles. The maximum absolute atomic E-state index is 12.1. The molecule has 0 aliphatic carbocycles. The molecule has 0 saturated heterocycles. The highest BCUT2D eigenvalue weighted by atomic mass is 32.1. The number of hydrogen-bond donors (Lipinski definition) is 0. The molecule has 0 bridgehead atoms. The van der Waals surface area contributed by atoms with Gasteiger partial charge in [0.2, 0.25) is 0 Å². The lowest BCUT2D eigenvalue weighted by Crippen LogP contribution is -2.21. The summed E-state index contributed by atoms with van der Waals surface area (Å²) in [4.78, 5) is 23.3. The van der Waals surface area contributed by atoms with E-state index < -0.39 is 5.97 Å². The van der Waals surface area contributed by atoms with Gasteiger partial charge < -0.3 is 14.2 Å². The molecule has 132 valence electrons. The quantitative estimate of drug-likeness (QED) is 0.515. The summed E-state index contributed by atoms with van der Waals surface area (Å²) in [6.07, 6.45) is 0.199. The molecule has 1 atom stereocenters. The minimum Gasteiger partial charge on any atom is -0.482 e. The van der Waals surface area contributed by atoms with Crippen molar-refractivity contribution in [2.24, 2.45) is 0 Å². The summed E-state index contributed by atoms with van der Waals surface area (Å²) < 4.78 is 24.1. The molecule has 1 aliphatic heterocycles. The summed E-state index contributed by atoms with van der Waals surface area (Å²) in [5.41, 5.74) is 3.24. The van der Waals surface area contributed by atoms with Gasteiger partial charge in [0.25, 0.3) is 0 Å². The Kier molecular flexibility index (Phi) is 4.26. The van der Waals surface area contributed by atoms with Crippen LogP contribution in [0.5, 0.6) is 11.5 Å². The smallest absolute Gasteiger partial charge is 0.343 e. The largest absolute Gasteiger partial charge is 0.482 e. The van der Waals surface area contributed by atoms with Gasteiger partial charge in [-0.05, 0) is 29.8 Å². The van der Waals surface area contributed by atoms with E-state index in [-0.39, 0.29) is 24.9 Å². The van der Waals surface area contributed by atoms with E-state index in [1.165, 1.54) is 7.11 Å². The highest BCUT2D eigenvalue weighted by Gasteiger charge is 2.31. The van der Waals surface area contributed by atoms with E-state index in [0.717, 1.165) is 33.9 Å². The molecule has 8 heteroatoms. The van der Waals surface area contributed by atoms with Crippen molar-refractivity contribution < 1.29 is 23.8 Å². The van der Waals surface area contributed by atoms with Gasteiger partial charge in [-0.25, -0.2) is 4.79 Å². The number of rotatable bonds is 4. The first kappa shape index (κ1) is 16.5. The fourth-order valence-corrected chi connectivity index (χ4v) is 3.57. The van der Waals surface area contributed by atoms with Gasteiger partial charge >= 0.3 is 11.9 Å². The zero-order valence-corrected chi connectivity index (χ0v) is 14.6. The van der Waals surface area contributed by atoms with Crippen molar-refractivity contribution in [2.45, 2.75) is 12.3 Å². The van der Waals surface area contributed by atoms with E-state index in [4.69, 9.17) is 9.47 Å². The number of hydrogen-bond acceptors (Lipinski definition) is 8. The summed E-state index contributed by atoms with van der Waals surface area (Å²) in [6.45, 7) is -0.177. The Morgan fingerprint density at radius 2 is 2.19 bits per heavy atom. The van der Waals surface area contributed by atoms with Crippen molar-refractivity contribution in [1.29, 1.82) is 0 Å². The lowest BCUT2D eigenvalue weighted by molar-refractivity contribution is -0.143. The Bertz CT molecular complexity index is 1000. The molecule has 2 aromatic carbocycles. The number of ether oxygens (including phenoxy) is 3. The predicted molar refractivity (Wildman–Crippen MR) is 93.5 cm³/mol. The maximum atomic E-state index is 12.1. The van der Waals surface area contributed by atoms with E-state index >= 15 is 0 Å². The van der Waals surface area contributed by atoms with Crippen LogP contribution in [0.1, 0.15) is 23.5 Å². The minimum atomic E-state index is -0.461. The molecular formula is C18H14N2O5S. The Morgan fingerprint density at radius 3 is 3.04 bits per heavy atom. The summed E-state index contributed by atoms with van der Waals surface area (Å²) in [6, 6.07) is 10.8. The lowest BCUT2D eigenvalue weighted by Gasteiger charge is -2.25. The van der Waals surface area contributed by atoms with Crippen LogP contribution in [-0.4, -0.2) is 34.4 Å². The van der Waals surface area contributed by atoms with Gasteiger partial charge in [-0.1, -0.05) is 12.1 Å². The summed E-state index contributed by atoms with van der Waals surface area (Å²) in [5.74, 6) is 0.0491. The molecule has 4 rings (SSSR count). The second-order valence-electron chi connectivity index (χ2n) is 5.78. The highest BCUT2D eigenvalue weighted by molar-refractivity contribution is 7.00. The number of carbonyl (C=O) groups is 2. The molecule has 0 unspecified atom stereocenters. The van der Waals surface area contributed by atoms with E-state index in [1.54, 1.807) is 18.2 Å². The van der Waals surface area contributed by atoms with Crippen LogP contribution in [0.4, 0.5) is 0 Å². The Morgan fingerprint density at radius 1 is 1.31 bits per heavy atom. The van der Waals surface area contributed by atoms with Crippen molar-refractivity contribution in [2.75, 3.05) is 13.7 Å². The van der Waals surface area contributed by atoms with Gasteiger partial charge in [-0.2, -0.15) is 8.75 Å². The molecule has 2 heterocycles. The first-order valence-electron chi connectivity index (χ1n) is 7.91. The molecule has 26 heavy (non-hydrogen) atoms. The van der Waals surface area contributed by atoms with Crippen molar-refractivity contribution in [3.8, 4) is 11.5 Å². The first-order valence-corrected chi connectivity index (χ1v) is 8.64. The van der Waals surface area contributed by atoms with Crippen molar-refractivity contribution in [3.63, 3.8) is 0 Å². The topological polar surface area (TPSA) is 87.6 Å². The van der Waals surface area contributed by atoms with Crippen LogP contribution in [-0.2, 0) is 14.3 Å². The summed E-state index contributed by atoms with van der Waals surface area (Å²) in [7, 11) is 1.31. The average Bonchev–Trinajstić information content (AvgIpc) is 3.14. The molecule has 0 amide bonds. The van der Waals surface area contributed by atoms with E-state index in [1.807, 2.05) is 18.2 Å². The number of esters is 2. The van der Waals surface area contributed by atoms with Gasteiger partial charge in [0, 0.05) is 11.5 Å². The van der Waals surface area contributed by atoms with E-state index in [0.29, 0.717) is 11.5 Å². The molecule has 3 aromatic rings. The summed E-state index contributed by atoms with van der Waals surface area (Å²) >= 11 is 1.12. The second kappa shape index (κ2) is 6.72. The monoisotopic (exact) mass is 370 g/mol. The fraction of sp³-hybridized carbons (Fsp3) is 0.222. The predicted octanol–water partition coefficient (Wildman–Crippen LogP) is 2.68. The molecule has 0 fully saturated rings. The van der Waals surface area contributed by atoms with Crippen molar-refractivity contribution in [3.05, 3.63) is 47.5 Å². The highest BCUT2D eigenvalue weighted by Crippen LogP contribution is 2.42. The van der Waals surface area contributed by atoms with Gasteiger partial charge in [-0.3, -0.25) is 4.79 Å². The van der Waals surface area contributed by atoms with Crippen LogP contribution in [0, 0.1) is 0 Å². The lowest BCUT2D eigenvalue weighted by atomic mass is 9.85. The van der Waals surface area contributed by atoms with E-state index in [2.05, 4.69) is 13.5 Å². The Balaban J connectivity index is 1.73. The van der Waals surface area contributed by atoms with Crippen LogP contribution in [0.2, 0.25) is 0 Å². The van der Waals surface area contributed by atoms with Crippen molar-refractivity contribution >= 4 is 34.7 Å². The van der Waals surface area contributed by atoms with Gasteiger partial charge in [0.1, 0.15) is 22.5 Å². The average molecular weight is 370 g/mol. The molecule has 0 radical (unpaired) electrons. The van der Waals surface area contributed by atoms with Gasteiger partial charge in [-0.15, -0.1) is 0 Å². The van der Waals surface area contributed by atoms with Crippen molar-refractivity contribution in [1.82, 2.24) is 8.75 Å². The number of benzene rings is 2. The second-order valence-corrected chi connectivity index (χ2v) is 6.31. The van der Waals surface area contributed by atoms with Crippen LogP contribution >= 0.6 is 11.7 Å². The molecule has 1 aromatic heterocycles. The molecular weight excluding hydrogens is 356 g/mol. The number of fused-ring (bicyclic) bond motifs is 3. The normalized spacial score (nSPS) is 16.0. The number of methoxy groups -OCH3 is 1. The number of aromatic nitrogens is 2. The van der Waals surface area contributed by atoms with Crippen LogP contribution < -0.4 is 9.47 Å². The van der Waals surface area contributed by atoms with Gasteiger partial charge in [0.15, 0.2) is 6.61 Å². The van der Waals surface area contributed by atoms with Crippen LogP contribution in [0.25, 0.3) is 11.0 Å². The minimum absolute atomic E-state index is 0.177. The molecule has 1 aliphatic rings. The zero-order valence-electron chi connectivity index (χ0n) is 13.8. The number of carbonyl (C=O) groups excluding carboxylic acids is 2. The Hall–Kier alpha value is -3.00. The number of nitrogens with zero attached hydrogens (tertiary/aromatic N) is 2. The fourth-order valence-electron chi connectivity index (χ4n) is 3.02. The first-order chi connectivity index (χ1) is 12.7.